The zero-order valence-electron chi connectivity index (χ0n) is 11.2. The Kier molecular flexibility index (Phi) is 3.68. The summed E-state index contributed by atoms with van der Waals surface area (Å²) in [5, 5.41) is 3.10. The molecule has 3 rings (SSSR count). The smallest absolute Gasteiger partial charge is 0.224 e. The molecule has 0 bridgehead atoms. The molecule has 0 spiro atoms. The predicted molar refractivity (Wildman–Crippen MR) is 77.6 cm³/mol. The van der Waals surface area contributed by atoms with E-state index in [1.165, 1.54) is 0 Å². The van der Waals surface area contributed by atoms with Crippen LogP contribution in [-0.2, 0) is 11.2 Å². The molecule has 0 saturated carbocycles. The molecule has 0 aliphatic carbocycles. The molecule has 2 aromatic rings. The molecule has 1 unspecified atom stereocenters. The van der Waals surface area contributed by atoms with Gasteiger partial charge in [0, 0.05) is 12.0 Å². The summed E-state index contributed by atoms with van der Waals surface area (Å²) in [4.78, 5) is 12.1. The number of ether oxygens (including phenoxy) is 1. The van der Waals surface area contributed by atoms with E-state index in [0.29, 0.717) is 13.0 Å². The summed E-state index contributed by atoms with van der Waals surface area (Å²) in [6.45, 7) is 0.646. The number of carbonyl (C=O) groups excluding carboxylic acids is 1. The summed E-state index contributed by atoms with van der Waals surface area (Å²) < 4.78 is 5.60. The Hall–Kier alpha value is -2.29. The van der Waals surface area contributed by atoms with Crippen LogP contribution in [0.2, 0.25) is 0 Å². The van der Waals surface area contributed by atoms with Crippen LogP contribution >= 0.6 is 0 Å². The Morgan fingerprint density at radius 2 is 1.85 bits per heavy atom. The molecule has 3 nitrogen and oxygen atoms in total. The van der Waals surface area contributed by atoms with Crippen molar-refractivity contribution in [2.45, 2.75) is 18.9 Å². The first-order valence-corrected chi connectivity index (χ1v) is 6.88. The second-order valence-electron chi connectivity index (χ2n) is 4.96. The largest absolute Gasteiger partial charge is 0.493 e. The molecule has 20 heavy (non-hydrogen) atoms. The highest BCUT2D eigenvalue weighted by Crippen LogP contribution is 2.31. The second-order valence-corrected chi connectivity index (χ2v) is 4.96. The van der Waals surface area contributed by atoms with Crippen LogP contribution < -0.4 is 10.1 Å². The highest BCUT2D eigenvalue weighted by molar-refractivity contribution is 5.79. The molecule has 1 heterocycles. The van der Waals surface area contributed by atoms with Crippen molar-refractivity contribution in [3.05, 3.63) is 65.7 Å². The van der Waals surface area contributed by atoms with Gasteiger partial charge in [-0.05, 0) is 11.6 Å². The molecule has 3 heteroatoms. The lowest BCUT2D eigenvalue weighted by Crippen LogP contribution is -2.33. The second kappa shape index (κ2) is 5.78. The van der Waals surface area contributed by atoms with Gasteiger partial charge < -0.3 is 10.1 Å². The highest BCUT2D eigenvalue weighted by Gasteiger charge is 2.22. The van der Waals surface area contributed by atoms with E-state index in [9.17, 15) is 4.79 Å². The molecule has 0 saturated heterocycles. The summed E-state index contributed by atoms with van der Waals surface area (Å²) in [6.07, 6.45) is 1.23. The number of rotatable bonds is 3. The molecule has 1 atom stereocenters. The molecule has 1 aliphatic rings. The molecule has 1 aliphatic heterocycles. The highest BCUT2D eigenvalue weighted by atomic mass is 16.5. The van der Waals surface area contributed by atoms with Gasteiger partial charge >= 0.3 is 0 Å². The number of amides is 1. The molecule has 102 valence electrons. The predicted octanol–water partition coefficient (Wildman–Crippen LogP) is 2.87. The Bertz CT molecular complexity index is 595. The maximum absolute atomic E-state index is 12.1. The fourth-order valence-corrected chi connectivity index (χ4v) is 2.52. The van der Waals surface area contributed by atoms with E-state index in [1.54, 1.807) is 0 Å². The van der Waals surface area contributed by atoms with Gasteiger partial charge in [-0.15, -0.1) is 0 Å². The molecular weight excluding hydrogens is 250 g/mol. The Morgan fingerprint density at radius 1 is 1.10 bits per heavy atom. The van der Waals surface area contributed by atoms with Crippen LogP contribution in [0.5, 0.6) is 5.75 Å². The van der Waals surface area contributed by atoms with E-state index in [2.05, 4.69) is 5.32 Å². The lowest BCUT2D eigenvalue weighted by Gasteiger charge is -2.26. The number of para-hydroxylation sites is 1. The Balaban J connectivity index is 1.68. The lowest BCUT2D eigenvalue weighted by molar-refractivity contribution is -0.121. The van der Waals surface area contributed by atoms with Crippen molar-refractivity contribution in [2.75, 3.05) is 6.61 Å². The third-order valence-electron chi connectivity index (χ3n) is 3.50. The normalized spacial score (nSPS) is 16.9. The first kappa shape index (κ1) is 12.7. The summed E-state index contributed by atoms with van der Waals surface area (Å²) >= 11 is 0. The van der Waals surface area contributed by atoms with Crippen molar-refractivity contribution in [3.63, 3.8) is 0 Å². The summed E-state index contributed by atoms with van der Waals surface area (Å²) in [5.41, 5.74) is 2.10. The van der Waals surface area contributed by atoms with Gasteiger partial charge in [0.1, 0.15) is 5.75 Å². The van der Waals surface area contributed by atoms with Crippen LogP contribution in [0.1, 0.15) is 23.6 Å². The number of carbonyl (C=O) groups is 1. The quantitative estimate of drug-likeness (QED) is 0.928. The van der Waals surface area contributed by atoms with Gasteiger partial charge in [-0.1, -0.05) is 48.5 Å². The number of benzene rings is 2. The van der Waals surface area contributed by atoms with Crippen LogP contribution in [0.15, 0.2) is 54.6 Å². The standard InChI is InChI=1S/C17H17NO2/c19-17(12-13-6-2-1-3-7-13)18-15-10-11-20-16-9-5-4-8-14(15)16/h1-9,15H,10-12H2,(H,18,19). The summed E-state index contributed by atoms with van der Waals surface area (Å²) in [6, 6.07) is 17.7. The maximum Gasteiger partial charge on any atom is 0.224 e. The minimum atomic E-state index is 0.0520. The van der Waals surface area contributed by atoms with Gasteiger partial charge in [-0.3, -0.25) is 4.79 Å². The maximum atomic E-state index is 12.1. The number of nitrogens with one attached hydrogen (secondary N) is 1. The Labute approximate surface area is 118 Å². The molecule has 0 aromatic heterocycles. The molecule has 0 fully saturated rings. The van der Waals surface area contributed by atoms with Gasteiger partial charge in [0.05, 0.1) is 19.1 Å². The zero-order chi connectivity index (χ0) is 13.8. The third-order valence-corrected chi connectivity index (χ3v) is 3.50. The van der Waals surface area contributed by atoms with Crippen molar-refractivity contribution in [3.8, 4) is 5.75 Å². The Morgan fingerprint density at radius 3 is 2.70 bits per heavy atom. The molecular formula is C17H17NO2. The fraction of sp³-hybridized carbons (Fsp3) is 0.235. The van der Waals surface area contributed by atoms with E-state index in [0.717, 1.165) is 23.3 Å². The minimum Gasteiger partial charge on any atom is -0.493 e. The van der Waals surface area contributed by atoms with Crippen LogP contribution in [0.25, 0.3) is 0 Å². The van der Waals surface area contributed by atoms with E-state index < -0.39 is 0 Å². The average Bonchev–Trinajstić information content (AvgIpc) is 2.48. The SMILES string of the molecule is O=C(Cc1ccccc1)NC1CCOc2ccccc21. The minimum absolute atomic E-state index is 0.0520. The average molecular weight is 267 g/mol. The summed E-state index contributed by atoms with van der Waals surface area (Å²) in [5.74, 6) is 0.932. The van der Waals surface area contributed by atoms with Crippen molar-refractivity contribution >= 4 is 5.91 Å². The van der Waals surface area contributed by atoms with Crippen molar-refractivity contribution in [1.82, 2.24) is 5.32 Å². The van der Waals surface area contributed by atoms with Crippen LogP contribution in [0.4, 0.5) is 0 Å². The van der Waals surface area contributed by atoms with Crippen molar-refractivity contribution in [2.24, 2.45) is 0 Å². The van der Waals surface area contributed by atoms with E-state index in [1.807, 2.05) is 54.6 Å². The number of hydrogen-bond donors (Lipinski definition) is 1. The topological polar surface area (TPSA) is 38.3 Å². The van der Waals surface area contributed by atoms with Gasteiger partial charge in [-0.2, -0.15) is 0 Å². The van der Waals surface area contributed by atoms with Gasteiger partial charge in [0.25, 0.3) is 0 Å². The van der Waals surface area contributed by atoms with Crippen LogP contribution in [-0.4, -0.2) is 12.5 Å². The molecule has 1 amide bonds. The fourth-order valence-electron chi connectivity index (χ4n) is 2.52. The molecule has 2 aromatic carbocycles. The van der Waals surface area contributed by atoms with Gasteiger partial charge in [-0.25, -0.2) is 0 Å². The number of fused-ring (bicyclic) bond motifs is 1. The molecule has 1 N–H and O–H groups in total. The number of hydrogen-bond acceptors (Lipinski definition) is 2. The zero-order valence-corrected chi connectivity index (χ0v) is 11.2. The van der Waals surface area contributed by atoms with Crippen molar-refractivity contribution in [1.29, 1.82) is 0 Å². The lowest BCUT2D eigenvalue weighted by atomic mass is 10.00. The van der Waals surface area contributed by atoms with E-state index in [4.69, 9.17) is 4.74 Å². The first-order chi connectivity index (χ1) is 9.83. The monoisotopic (exact) mass is 267 g/mol. The van der Waals surface area contributed by atoms with Crippen LogP contribution in [0, 0.1) is 0 Å². The van der Waals surface area contributed by atoms with E-state index in [-0.39, 0.29) is 11.9 Å². The first-order valence-electron chi connectivity index (χ1n) is 6.88. The van der Waals surface area contributed by atoms with Crippen molar-refractivity contribution < 1.29 is 9.53 Å². The van der Waals surface area contributed by atoms with Gasteiger partial charge in [0.15, 0.2) is 0 Å². The summed E-state index contributed by atoms with van der Waals surface area (Å²) in [7, 11) is 0. The molecule has 0 radical (unpaired) electrons. The van der Waals surface area contributed by atoms with Gasteiger partial charge in [0.2, 0.25) is 5.91 Å². The third kappa shape index (κ3) is 2.82. The van der Waals surface area contributed by atoms with E-state index >= 15 is 0 Å². The van der Waals surface area contributed by atoms with Crippen LogP contribution in [0.3, 0.4) is 0 Å².